The van der Waals surface area contributed by atoms with Crippen molar-refractivity contribution in [1.29, 1.82) is 0 Å². The van der Waals surface area contributed by atoms with Crippen molar-refractivity contribution in [2.75, 3.05) is 52.8 Å². The Kier molecular flexibility index (Phi) is 6.23. The van der Waals surface area contributed by atoms with Crippen molar-refractivity contribution in [2.24, 2.45) is 0 Å². The Balaban J connectivity index is 2.42. The van der Waals surface area contributed by atoms with E-state index in [1.807, 2.05) is 0 Å². The van der Waals surface area contributed by atoms with Crippen molar-refractivity contribution in [2.45, 2.75) is 6.54 Å². The first-order valence-electron chi connectivity index (χ1n) is 5.98. The van der Waals surface area contributed by atoms with Crippen LogP contribution in [0.1, 0.15) is 5.89 Å². The first-order chi connectivity index (χ1) is 9.04. The number of ether oxygens (including phenoxy) is 1. The summed E-state index contributed by atoms with van der Waals surface area (Å²) >= 11 is 0. The second-order valence-corrected chi connectivity index (χ2v) is 4.29. The molecule has 0 saturated heterocycles. The van der Waals surface area contributed by atoms with Gasteiger partial charge in [-0.25, -0.2) is 0 Å². The number of carbonyl (C=O) groups excluding carboxylic acids is 1. The SMILES string of the molecule is COCCNCc1nnc(N(C)CC(=O)N(C)C)o1. The van der Waals surface area contributed by atoms with E-state index >= 15 is 0 Å². The summed E-state index contributed by atoms with van der Waals surface area (Å²) in [5.41, 5.74) is 0. The zero-order valence-electron chi connectivity index (χ0n) is 11.8. The molecule has 108 valence electrons. The summed E-state index contributed by atoms with van der Waals surface area (Å²) in [6.45, 7) is 2.01. The standard InChI is InChI=1S/C11H21N5O3/c1-15(2)10(17)8-16(3)11-14-13-9(19-11)7-12-5-6-18-4/h12H,5-8H2,1-4H3. The molecule has 0 fully saturated rings. The third-order valence-corrected chi connectivity index (χ3v) is 2.41. The highest BCUT2D eigenvalue weighted by atomic mass is 16.5. The van der Waals surface area contributed by atoms with Crippen LogP contribution in [0.15, 0.2) is 4.42 Å². The second-order valence-electron chi connectivity index (χ2n) is 4.29. The molecule has 8 nitrogen and oxygen atoms in total. The van der Waals surface area contributed by atoms with E-state index in [9.17, 15) is 4.79 Å². The summed E-state index contributed by atoms with van der Waals surface area (Å²) in [7, 11) is 6.78. The van der Waals surface area contributed by atoms with Crippen LogP contribution in [0, 0.1) is 0 Å². The highest BCUT2D eigenvalue weighted by Gasteiger charge is 2.14. The number of carbonyl (C=O) groups is 1. The van der Waals surface area contributed by atoms with Gasteiger partial charge in [0, 0.05) is 34.8 Å². The summed E-state index contributed by atoms with van der Waals surface area (Å²) < 4.78 is 10.3. The monoisotopic (exact) mass is 271 g/mol. The molecule has 0 aliphatic rings. The Morgan fingerprint density at radius 2 is 2.11 bits per heavy atom. The van der Waals surface area contributed by atoms with Crippen LogP contribution >= 0.6 is 0 Å². The number of rotatable bonds is 8. The van der Waals surface area contributed by atoms with Gasteiger partial charge in [-0.1, -0.05) is 5.10 Å². The molecule has 1 rings (SSSR count). The number of amides is 1. The van der Waals surface area contributed by atoms with Gasteiger partial charge in [0.15, 0.2) is 0 Å². The Bertz CT molecular complexity index is 393. The largest absolute Gasteiger partial charge is 0.407 e. The van der Waals surface area contributed by atoms with Crippen molar-refractivity contribution in [3.05, 3.63) is 5.89 Å². The normalized spacial score (nSPS) is 10.5. The number of nitrogens with zero attached hydrogens (tertiary/aromatic N) is 4. The van der Waals surface area contributed by atoms with E-state index in [1.54, 1.807) is 33.2 Å². The van der Waals surface area contributed by atoms with E-state index in [-0.39, 0.29) is 12.5 Å². The van der Waals surface area contributed by atoms with Gasteiger partial charge in [-0.15, -0.1) is 5.10 Å². The van der Waals surface area contributed by atoms with Crippen molar-refractivity contribution in [1.82, 2.24) is 20.4 Å². The third-order valence-electron chi connectivity index (χ3n) is 2.41. The number of methoxy groups -OCH3 is 1. The summed E-state index contributed by atoms with van der Waals surface area (Å²) in [4.78, 5) is 14.7. The molecule has 0 aliphatic heterocycles. The van der Waals surface area contributed by atoms with E-state index < -0.39 is 0 Å². The van der Waals surface area contributed by atoms with Gasteiger partial charge < -0.3 is 24.3 Å². The van der Waals surface area contributed by atoms with Crippen LogP contribution in [0.4, 0.5) is 6.01 Å². The minimum atomic E-state index is -0.0273. The zero-order chi connectivity index (χ0) is 14.3. The van der Waals surface area contributed by atoms with E-state index in [0.29, 0.717) is 31.6 Å². The number of likely N-dealkylation sites (N-methyl/N-ethyl adjacent to an activating group) is 2. The molecule has 0 saturated carbocycles. The molecule has 1 aromatic rings. The lowest BCUT2D eigenvalue weighted by Gasteiger charge is -2.16. The van der Waals surface area contributed by atoms with Crippen molar-refractivity contribution in [3.63, 3.8) is 0 Å². The lowest BCUT2D eigenvalue weighted by Crippen LogP contribution is -2.34. The summed E-state index contributed by atoms with van der Waals surface area (Å²) in [5.74, 6) is 0.454. The molecule has 0 aromatic carbocycles. The fourth-order valence-corrected chi connectivity index (χ4v) is 1.25. The number of hydrogen-bond donors (Lipinski definition) is 1. The van der Waals surface area contributed by atoms with Gasteiger partial charge in [-0.05, 0) is 0 Å². The zero-order valence-corrected chi connectivity index (χ0v) is 11.8. The van der Waals surface area contributed by atoms with Crippen LogP contribution in [0.5, 0.6) is 0 Å². The first kappa shape index (κ1) is 15.4. The van der Waals surface area contributed by atoms with E-state index in [2.05, 4.69) is 15.5 Å². The smallest absolute Gasteiger partial charge is 0.318 e. The Hall–Kier alpha value is -1.67. The lowest BCUT2D eigenvalue weighted by atomic mass is 10.5. The van der Waals surface area contributed by atoms with Gasteiger partial charge in [0.05, 0.1) is 13.2 Å². The number of hydrogen-bond acceptors (Lipinski definition) is 7. The molecule has 8 heteroatoms. The maximum absolute atomic E-state index is 11.5. The maximum atomic E-state index is 11.5. The Labute approximate surface area is 112 Å². The number of nitrogens with one attached hydrogen (secondary N) is 1. The van der Waals surface area contributed by atoms with Crippen LogP contribution in [0.2, 0.25) is 0 Å². The maximum Gasteiger partial charge on any atom is 0.318 e. The second kappa shape index (κ2) is 7.70. The van der Waals surface area contributed by atoms with Crippen LogP contribution in [0.3, 0.4) is 0 Å². The molecule has 0 aliphatic carbocycles. The van der Waals surface area contributed by atoms with Gasteiger partial charge in [-0.3, -0.25) is 4.79 Å². The predicted molar refractivity (Wildman–Crippen MR) is 69.8 cm³/mol. The van der Waals surface area contributed by atoms with Crippen LogP contribution in [-0.2, 0) is 16.1 Å². The first-order valence-corrected chi connectivity index (χ1v) is 5.98. The molecular formula is C11H21N5O3. The van der Waals surface area contributed by atoms with Crippen LogP contribution in [-0.4, -0.2) is 69.0 Å². The predicted octanol–water partition coefficient (Wildman–Crippen LogP) is -0.670. The molecule has 1 N–H and O–H groups in total. The molecule has 1 aromatic heterocycles. The Morgan fingerprint density at radius 1 is 1.37 bits per heavy atom. The van der Waals surface area contributed by atoms with Crippen LogP contribution < -0.4 is 10.2 Å². The van der Waals surface area contributed by atoms with E-state index in [1.165, 1.54) is 4.90 Å². The molecular weight excluding hydrogens is 250 g/mol. The van der Waals surface area contributed by atoms with Gasteiger partial charge in [0.1, 0.15) is 6.54 Å². The van der Waals surface area contributed by atoms with E-state index in [4.69, 9.17) is 9.15 Å². The molecule has 19 heavy (non-hydrogen) atoms. The van der Waals surface area contributed by atoms with Gasteiger partial charge in [0.2, 0.25) is 11.8 Å². The molecule has 0 unspecified atom stereocenters. The average molecular weight is 271 g/mol. The van der Waals surface area contributed by atoms with Crippen molar-refractivity contribution in [3.8, 4) is 0 Å². The Morgan fingerprint density at radius 3 is 2.74 bits per heavy atom. The molecule has 0 atom stereocenters. The quantitative estimate of drug-likeness (QED) is 0.628. The summed E-state index contributed by atoms with van der Waals surface area (Å²) in [6, 6.07) is 0.332. The molecule has 0 radical (unpaired) electrons. The lowest BCUT2D eigenvalue weighted by molar-refractivity contribution is -0.127. The fraction of sp³-hybridized carbons (Fsp3) is 0.727. The highest BCUT2D eigenvalue weighted by Crippen LogP contribution is 2.09. The van der Waals surface area contributed by atoms with Crippen LogP contribution in [0.25, 0.3) is 0 Å². The molecule has 0 spiro atoms. The fourth-order valence-electron chi connectivity index (χ4n) is 1.25. The number of aromatic nitrogens is 2. The number of anilines is 1. The minimum Gasteiger partial charge on any atom is -0.407 e. The summed E-state index contributed by atoms with van der Waals surface area (Å²) in [6.07, 6.45) is 0. The van der Waals surface area contributed by atoms with Gasteiger partial charge in [0.25, 0.3) is 0 Å². The molecule has 1 amide bonds. The average Bonchev–Trinajstić information content (AvgIpc) is 2.83. The molecule has 0 bridgehead atoms. The summed E-state index contributed by atoms with van der Waals surface area (Å²) in [5, 5.41) is 10.9. The third kappa shape index (κ3) is 5.23. The molecule has 1 heterocycles. The minimum absolute atomic E-state index is 0.0273. The van der Waals surface area contributed by atoms with Gasteiger partial charge in [-0.2, -0.15) is 0 Å². The highest BCUT2D eigenvalue weighted by molar-refractivity contribution is 5.80. The van der Waals surface area contributed by atoms with Crippen molar-refractivity contribution < 1.29 is 13.9 Å². The van der Waals surface area contributed by atoms with Crippen molar-refractivity contribution >= 4 is 11.9 Å². The van der Waals surface area contributed by atoms with E-state index in [0.717, 1.165) is 0 Å². The van der Waals surface area contributed by atoms with Gasteiger partial charge >= 0.3 is 6.01 Å². The topological polar surface area (TPSA) is 83.7 Å².